The molecule has 3 rings (SSSR count). The summed E-state index contributed by atoms with van der Waals surface area (Å²) in [5.74, 6) is -0.521. The second-order valence-electron chi connectivity index (χ2n) is 5.34. The van der Waals surface area contributed by atoms with Gasteiger partial charge in [0, 0.05) is 17.0 Å². The quantitative estimate of drug-likeness (QED) is 0.801. The fourth-order valence-electron chi connectivity index (χ4n) is 2.76. The van der Waals surface area contributed by atoms with Crippen molar-refractivity contribution in [3.05, 3.63) is 57.3 Å². The van der Waals surface area contributed by atoms with Crippen LogP contribution in [0.15, 0.2) is 35.7 Å². The Hall–Kier alpha value is -2.14. The molecule has 0 saturated carbocycles. The molecule has 1 amide bonds. The molecule has 1 atom stereocenters. The lowest BCUT2D eigenvalue weighted by Gasteiger charge is -2.34. The summed E-state index contributed by atoms with van der Waals surface area (Å²) < 4.78 is 4.92. The molecule has 2 heterocycles. The molecule has 1 aromatic carbocycles. The van der Waals surface area contributed by atoms with E-state index in [1.54, 1.807) is 28.4 Å². The Kier molecular flexibility index (Phi) is 3.98. The van der Waals surface area contributed by atoms with Crippen LogP contribution in [0.4, 0.5) is 0 Å². The first-order valence-corrected chi connectivity index (χ1v) is 8.01. The van der Waals surface area contributed by atoms with Crippen LogP contribution in [-0.2, 0) is 16.0 Å². The topological polar surface area (TPSA) is 46.6 Å². The smallest absolute Gasteiger partial charge is 0.333 e. The maximum absolute atomic E-state index is 12.8. The molecule has 5 heteroatoms. The van der Waals surface area contributed by atoms with E-state index in [-0.39, 0.29) is 11.9 Å². The summed E-state index contributed by atoms with van der Waals surface area (Å²) in [6.07, 6.45) is 0.776. The molecule has 0 aliphatic carbocycles. The third kappa shape index (κ3) is 2.52. The number of amides is 1. The zero-order valence-corrected chi connectivity index (χ0v) is 13.4. The molecule has 0 spiro atoms. The lowest BCUT2D eigenvalue weighted by Crippen LogP contribution is -2.43. The summed E-state index contributed by atoms with van der Waals surface area (Å²) in [5, 5.41) is 1.96. The van der Waals surface area contributed by atoms with Gasteiger partial charge in [0.25, 0.3) is 5.91 Å². The number of ether oxygens (including phenoxy) is 1. The zero-order valence-electron chi connectivity index (χ0n) is 12.5. The van der Waals surface area contributed by atoms with Crippen molar-refractivity contribution in [1.29, 1.82) is 0 Å². The second-order valence-corrected chi connectivity index (χ2v) is 6.34. The number of benzene rings is 1. The molecule has 0 N–H and O–H groups in total. The van der Waals surface area contributed by atoms with E-state index in [1.807, 2.05) is 30.5 Å². The highest BCUT2D eigenvalue weighted by molar-refractivity contribution is 7.10. The van der Waals surface area contributed by atoms with Gasteiger partial charge in [-0.05, 0) is 42.5 Å². The number of thiophene rings is 1. The molecule has 1 unspecified atom stereocenters. The van der Waals surface area contributed by atoms with Gasteiger partial charge in [-0.1, -0.05) is 17.7 Å². The number of hydrogen-bond acceptors (Lipinski definition) is 4. The first-order valence-electron chi connectivity index (χ1n) is 7.13. The summed E-state index contributed by atoms with van der Waals surface area (Å²) in [5.41, 5.74) is 2.58. The summed E-state index contributed by atoms with van der Waals surface area (Å²) in [4.78, 5) is 27.8. The molecule has 0 saturated heterocycles. The van der Waals surface area contributed by atoms with E-state index in [0.29, 0.717) is 12.1 Å². The molecule has 2 aromatic rings. The molecule has 0 bridgehead atoms. The van der Waals surface area contributed by atoms with Crippen molar-refractivity contribution < 1.29 is 14.3 Å². The van der Waals surface area contributed by atoms with E-state index in [1.165, 1.54) is 7.11 Å². The molecule has 114 valence electrons. The number of fused-ring (bicyclic) bond motifs is 1. The van der Waals surface area contributed by atoms with E-state index in [0.717, 1.165) is 22.4 Å². The van der Waals surface area contributed by atoms with Crippen LogP contribution < -0.4 is 0 Å². The van der Waals surface area contributed by atoms with Gasteiger partial charge in [-0.25, -0.2) is 4.79 Å². The van der Waals surface area contributed by atoms with Crippen molar-refractivity contribution in [2.45, 2.75) is 19.4 Å². The summed E-state index contributed by atoms with van der Waals surface area (Å²) >= 11 is 1.62. The third-order valence-corrected chi connectivity index (χ3v) is 4.95. The minimum atomic E-state index is -0.645. The average molecular weight is 315 g/mol. The van der Waals surface area contributed by atoms with Crippen LogP contribution in [0.1, 0.15) is 32.4 Å². The lowest BCUT2D eigenvalue weighted by molar-refractivity contribution is -0.146. The highest BCUT2D eigenvalue weighted by atomic mass is 32.1. The van der Waals surface area contributed by atoms with E-state index in [9.17, 15) is 9.59 Å². The van der Waals surface area contributed by atoms with Crippen LogP contribution in [0, 0.1) is 6.92 Å². The van der Waals surface area contributed by atoms with E-state index < -0.39 is 6.04 Å². The molecule has 0 fully saturated rings. The number of carbonyl (C=O) groups excluding carboxylic acids is 2. The van der Waals surface area contributed by atoms with Gasteiger partial charge in [0.05, 0.1) is 7.11 Å². The standard InChI is InChI=1S/C17H17NO3S/c1-11-3-5-12(6-4-11)16(19)18-9-7-14-13(8-10-22-14)15(18)17(20)21-2/h3-6,8,10,15H,7,9H2,1-2H3. The number of hydrogen-bond donors (Lipinski definition) is 0. The first-order chi connectivity index (χ1) is 10.6. The van der Waals surface area contributed by atoms with Crippen molar-refractivity contribution >= 4 is 23.2 Å². The summed E-state index contributed by atoms with van der Waals surface area (Å²) in [7, 11) is 1.36. The Morgan fingerprint density at radius 1 is 1.23 bits per heavy atom. The van der Waals surface area contributed by atoms with Crippen LogP contribution in [0.5, 0.6) is 0 Å². The molecule has 22 heavy (non-hydrogen) atoms. The Morgan fingerprint density at radius 2 is 1.95 bits per heavy atom. The van der Waals surface area contributed by atoms with Gasteiger partial charge in [0.1, 0.15) is 0 Å². The predicted molar refractivity (Wildman–Crippen MR) is 85.0 cm³/mol. The largest absolute Gasteiger partial charge is 0.467 e. The number of rotatable bonds is 2. The minimum absolute atomic E-state index is 0.132. The van der Waals surface area contributed by atoms with Gasteiger partial charge in [-0.2, -0.15) is 0 Å². The first kappa shape index (κ1) is 14.8. The SMILES string of the molecule is COC(=O)C1c2ccsc2CCN1C(=O)c1ccc(C)cc1. The lowest BCUT2D eigenvalue weighted by atomic mass is 9.98. The Labute approximate surface area is 133 Å². The molecule has 1 aliphatic rings. The second kappa shape index (κ2) is 5.93. The molecule has 1 aromatic heterocycles. The number of nitrogens with zero attached hydrogens (tertiary/aromatic N) is 1. The van der Waals surface area contributed by atoms with Crippen molar-refractivity contribution in [2.75, 3.05) is 13.7 Å². The summed E-state index contributed by atoms with van der Waals surface area (Å²) in [6, 6.07) is 8.68. The number of methoxy groups -OCH3 is 1. The van der Waals surface area contributed by atoms with E-state index >= 15 is 0 Å². The monoisotopic (exact) mass is 315 g/mol. The van der Waals surface area contributed by atoms with Gasteiger partial charge in [-0.15, -0.1) is 11.3 Å². The van der Waals surface area contributed by atoms with Crippen LogP contribution in [-0.4, -0.2) is 30.4 Å². The average Bonchev–Trinajstić information content (AvgIpc) is 3.01. The van der Waals surface area contributed by atoms with Crippen LogP contribution >= 0.6 is 11.3 Å². The molecule has 1 aliphatic heterocycles. The molecule has 4 nitrogen and oxygen atoms in total. The molecular formula is C17H17NO3S. The fraction of sp³-hybridized carbons (Fsp3) is 0.294. The maximum Gasteiger partial charge on any atom is 0.333 e. The number of aryl methyl sites for hydroxylation is 1. The van der Waals surface area contributed by atoms with Crippen molar-refractivity contribution in [2.24, 2.45) is 0 Å². The van der Waals surface area contributed by atoms with Crippen molar-refractivity contribution in [3.8, 4) is 0 Å². The van der Waals surface area contributed by atoms with Crippen LogP contribution in [0.3, 0.4) is 0 Å². The van der Waals surface area contributed by atoms with Crippen LogP contribution in [0.25, 0.3) is 0 Å². The van der Waals surface area contributed by atoms with Gasteiger partial charge < -0.3 is 9.64 Å². The third-order valence-electron chi connectivity index (χ3n) is 3.95. The van der Waals surface area contributed by atoms with E-state index in [4.69, 9.17) is 4.74 Å². The normalized spacial score (nSPS) is 17.0. The van der Waals surface area contributed by atoms with Gasteiger partial charge in [0.2, 0.25) is 0 Å². The van der Waals surface area contributed by atoms with Crippen molar-refractivity contribution in [1.82, 2.24) is 4.90 Å². The highest BCUT2D eigenvalue weighted by Crippen LogP contribution is 2.34. The zero-order chi connectivity index (χ0) is 15.7. The fourth-order valence-corrected chi connectivity index (χ4v) is 3.67. The van der Waals surface area contributed by atoms with Gasteiger partial charge >= 0.3 is 5.97 Å². The summed E-state index contributed by atoms with van der Waals surface area (Å²) in [6.45, 7) is 2.50. The molecule has 0 radical (unpaired) electrons. The van der Waals surface area contributed by atoms with Gasteiger partial charge in [0.15, 0.2) is 6.04 Å². The number of esters is 1. The number of carbonyl (C=O) groups is 2. The predicted octanol–water partition coefficient (Wildman–Crippen LogP) is 2.97. The van der Waals surface area contributed by atoms with Gasteiger partial charge in [-0.3, -0.25) is 4.79 Å². The Balaban J connectivity index is 1.96. The molecular weight excluding hydrogens is 298 g/mol. The Morgan fingerprint density at radius 3 is 2.64 bits per heavy atom. The maximum atomic E-state index is 12.8. The highest BCUT2D eigenvalue weighted by Gasteiger charge is 2.37. The van der Waals surface area contributed by atoms with E-state index in [2.05, 4.69) is 0 Å². The minimum Gasteiger partial charge on any atom is -0.467 e. The Bertz CT molecular complexity index is 705. The van der Waals surface area contributed by atoms with Crippen molar-refractivity contribution in [3.63, 3.8) is 0 Å². The van der Waals surface area contributed by atoms with Crippen LogP contribution in [0.2, 0.25) is 0 Å².